The lowest BCUT2D eigenvalue weighted by Gasteiger charge is -2.56. The first kappa shape index (κ1) is 18.3. The lowest BCUT2D eigenvalue weighted by atomic mass is 9.54. The average Bonchev–Trinajstić information content (AvgIpc) is 3.39. The van der Waals surface area contributed by atoms with Crippen LogP contribution in [0.2, 0.25) is 0 Å². The quantitative estimate of drug-likeness (QED) is 0.844. The van der Waals surface area contributed by atoms with Gasteiger partial charge in [-0.25, -0.2) is 0 Å². The maximum Gasteiger partial charge on any atom is 0.272 e. The Morgan fingerprint density at radius 1 is 1.31 bits per heavy atom. The largest absolute Gasteiger partial charge is 0.377 e. The average molecular weight is 381 g/mol. The molecule has 1 aromatic rings. The molecule has 0 bridgehead atoms. The Labute approximate surface area is 160 Å². The summed E-state index contributed by atoms with van der Waals surface area (Å²) in [6.07, 6.45) is 10.6. The second kappa shape index (κ2) is 7.13. The minimum absolute atomic E-state index is 0. The number of carbonyl (C=O) groups excluding carboxylic acids is 1. The van der Waals surface area contributed by atoms with E-state index >= 15 is 0 Å². The van der Waals surface area contributed by atoms with Gasteiger partial charge < -0.3 is 15.4 Å². The second-order valence-corrected chi connectivity index (χ2v) is 8.32. The number of hydrogen-bond donors (Lipinski definition) is 2. The van der Waals surface area contributed by atoms with Crippen LogP contribution in [-0.2, 0) is 4.74 Å². The minimum atomic E-state index is -0.0101. The van der Waals surface area contributed by atoms with Crippen LogP contribution in [0.4, 0.5) is 0 Å². The SMILES string of the molecule is Cl.O=C(NC1C2CCOC2C12CCCC2)c1ccn(C2CCCNC2)n1. The highest BCUT2D eigenvalue weighted by Crippen LogP contribution is 2.60. The molecule has 5 rings (SSSR count). The predicted molar refractivity (Wildman–Crippen MR) is 101 cm³/mol. The maximum absolute atomic E-state index is 12.8. The molecule has 144 valence electrons. The zero-order valence-corrected chi connectivity index (χ0v) is 16.0. The van der Waals surface area contributed by atoms with E-state index in [0.29, 0.717) is 23.8 Å². The molecule has 1 spiro atoms. The molecule has 2 aliphatic carbocycles. The number of fused-ring (bicyclic) bond motifs is 2. The normalized spacial score (nSPS) is 34.8. The van der Waals surface area contributed by atoms with Crippen molar-refractivity contribution in [3.8, 4) is 0 Å². The fourth-order valence-electron chi connectivity index (χ4n) is 5.84. The van der Waals surface area contributed by atoms with Crippen LogP contribution in [0.1, 0.15) is 61.5 Å². The van der Waals surface area contributed by atoms with Crippen molar-refractivity contribution >= 4 is 18.3 Å². The third kappa shape index (κ3) is 2.77. The summed E-state index contributed by atoms with van der Waals surface area (Å²) in [7, 11) is 0. The van der Waals surface area contributed by atoms with Crippen molar-refractivity contribution < 1.29 is 9.53 Å². The van der Waals surface area contributed by atoms with Crippen LogP contribution < -0.4 is 10.6 Å². The minimum Gasteiger partial charge on any atom is -0.377 e. The Hall–Kier alpha value is -1.11. The summed E-state index contributed by atoms with van der Waals surface area (Å²) in [6, 6.07) is 2.51. The highest BCUT2D eigenvalue weighted by atomic mass is 35.5. The molecule has 2 saturated heterocycles. The van der Waals surface area contributed by atoms with Gasteiger partial charge in [-0.05, 0) is 44.7 Å². The molecule has 2 aliphatic heterocycles. The molecule has 1 aromatic heterocycles. The van der Waals surface area contributed by atoms with Crippen molar-refractivity contribution in [3.05, 3.63) is 18.0 Å². The molecule has 4 aliphatic rings. The Morgan fingerprint density at radius 2 is 2.15 bits per heavy atom. The summed E-state index contributed by atoms with van der Waals surface area (Å²) in [4.78, 5) is 12.8. The highest BCUT2D eigenvalue weighted by Gasteiger charge is 2.65. The van der Waals surface area contributed by atoms with Crippen molar-refractivity contribution in [1.29, 1.82) is 0 Å². The van der Waals surface area contributed by atoms with Gasteiger partial charge in [-0.2, -0.15) is 5.10 Å². The van der Waals surface area contributed by atoms with Crippen LogP contribution in [0.25, 0.3) is 0 Å². The van der Waals surface area contributed by atoms with E-state index in [2.05, 4.69) is 15.7 Å². The van der Waals surface area contributed by atoms with Gasteiger partial charge in [-0.1, -0.05) is 12.8 Å². The number of nitrogens with one attached hydrogen (secondary N) is 2. The van der Waals surface area contributed by atoms with Crippen LogP contribution >= 0.6 is 12.4 Å². The molecule has 4 atom stereocenters. The molecular formula is C19H29ClN4O2. The van der Waals surface area contributed by atoms with Crippen molar-refractivity contribution in [2.45, 2.75) is 63.1 Å². The lowest BCUT2D eigenvalue weighted by Crippen LogP contribution is -2.68. The van der Waals surface area contributed by atoms with Crippen LogP contribution in [-0.4, -0.2) is 47.5 Å². The predicted octanol–water partition coefficient (Wildman–Crippen LogP) is 2.31. The van der Waals surface area contributed by atoms with Gasteiger partial charge in [0.1, 0.15) is 5.69 Å². The van der Waals surface area contributed by atoms with Crippen molar-refractivity contribution in [1.82, 2.24) is 20.4 Å². The van der Waals surface area contributed by atoms with Crippen LogP contribution in [0.15, 0.2) is 12.3 Å². The molecule has 0 radical (unpaired) electrons. The fourth-order valence-corrected chi connectivity index (χ4v) is 5.84. The third-order valence-corrected chi connectivity index (χ3v) is 7.06. The summed E-state index contributed by atoms with van der Waals surface area (Å²) in [5.41, 5.74) is 0.758. The summed E-state index contributed by atoms with van der Waals surface area (Å²) in [5.74, 6) is 0.496. The zero-order chi connectivity index (χ0) is 16.9. The summed E-state index contributed by atoms with van der Waals surface area (Å²) in [5, 5.41) is 11.3. The smallest absolute Gasteiger partial charge is 0.272 e. The van der Waals surface area contributed by atoms with Gasteiger partial charge in [0.25, 0.3) is 5.91 Å². The van der Waals surface area contributed by atoms with E-state index in [1.165, 1.54) is 32.1 Å². The van der Waals surface area contributed by atoms with Crippen LogP contribution in [0, 0.1) is 11.3 Å². The van der Waals surface area contributed by atoms with E-state index in [1.54, 1.807) is 0 Å². The molecule has 4 fully saturated rings. The summed E-state index contributed by atoms with van der Waals surface area (Å²) in [6.45, 7) is 2.88. The zero-order valence-electron chi connectivity index (χ0n) is 15.2. The molecule has 2 saturated carbocycles. The Balaban J connectivity index is 0.00000168. The molecule has 6 nitrogen and oxygen atoms in total. The Bertz CT molecular complexity index is 652. The Morgan fingerprint density at radius 3 is 2.92 bits per heavy atom. The standard InChI is InChI=1S/C19H28N4O2.ClH/c24-18(15-5-10-23(22-15)13-4-3-9-20-12-13)21-16-14-6-11-25-17(14)19(16)7-1-2-8-19;/h5,10,13-14,16-17,20H,1-4,6-9,11-12H2,(H,21,24);1H. The number of carbonyl (C=O) groups is 1. The number of amides is 1. The summed E-state index contributed by atoms with van der Waals surface area (Å²) >= 11 is 0. The number of nitrogens with zero attached hydrogens (tertiary/aromatic N) is 2. The van der Waals surface area contributed by atoms with E-state index in [-0.39, 0.29) is 29.8 Å². The number of aromatic nitrogens is 2. The fraction of sp³-hybridized carbons (Fsp3) is 0.789. The first-order valence-corrected chi connectivity index (χ1v) is 9.96. The first-order chi connectivity index (χ1) is 12.3. The van der Waals surface area contributed by atoms with Gasteiger partial charge in [0.2, 0.25) is 0 Å². The van der Waals surface area contributed by atoms with E-state index < -0.39 is 0 Å². The number of halogens is 1. The molecule has 4 unspecified atom stereocenters. The second-order valence-electron chi connectivity index (χ2n) is 8.32. The molecule has 3 heterocycles. The number of hydrogen-bond acceptors (Lipinski definition) is 4. The van der Waals surface area contributed by atoms with Gasteiger partial charge in [0.15, 0.2) is 0 Å². The van der Waals surface area contributed by atoms with Gasteiger partial charge >= 0.3 is 0 Å². The first-order valence-electron chi connectivity index (χ1n) is 9.96. The topological polar surface area (TPSA) is 68.2 Å². The van der Waals surface area contributed by atoms with E-state index in [4.69, 9.17) is 4.74 Å². The highest BCUT2D eigenvalue weighted by molar-refractivity contribution is 5.92. The molecule has 7 heteroatoms. The molecule has 2 N–H and O–H groups in total. The lowest BCUT2D eigenvalue weighted by molar-refractivity contribution is -0.126. The third-order valence-electron chi connectivity index (χ3n) is 7.06. The van der Waals surface area contributed by atoms with Crippen molar-refractivity contribution in [2.75, 3.05) is 19.7 Å². The van der Waals surface area contributed by atoms with Gasteiger partial charge in [0.05, 0.1) is 12.1 Å². The van der Waals surface area contributed by atoms with E-state index in [0.717, 1.165) is 32.5 Å². The number of ether oxygens (including phenoxy) is 1. The number of rotatable bonds is 3. The van der Waals surface area contributed by atoms with Crippen LogP contribution in [0.5, 0.6) is 0 Å². The Kier molecular flexibility index (Phi) is 5.01. The van der Waals surface area contributed by atoms with Crippen LogP contribution in [0.3, 0.4) is 0 Å². The van der Waals surface area contributed by atoms with Crippen molar-refractivity contribution in [2.24, 2.45) is 11.3 Å². The molecule has 0 aromatic carbocycles. The van der Waals surface area contributed by atoms with Gasteiger partial charge in [0, 0.05) is 36.7 Å². The molecule has 26 heavy (non-hydrogen) atoms. The molecular weight excluding hydrogens is 352 g/mol. The van der Waals surface area contributed by atoms with Gasteiger partial charge in [-0.15, -0.1) is 12.4 Å². The molecule has 1 amide bonds. The monoisotopic (exact) mass is 380 g/mol. The van der Waals surface area contributed by atoms with Crippen molar-refractivity contribution in [3.63, 3.8) is 0 Å². The van der Waals surface area contributed by atoms with E-state index in [1.807, 2.05) is 16.9 Å². The number of piperidine rings is 1. The maximum atomic E-state index is 12.8. The summed E-state index contributed by atoms with van der Waals surface area (Å²) < 4.78 is 7.98. The van der Waals surface area contributed by atoms with Gasteiger partial charge in [-0.3, -0.25) is 9.48 Å². The van der Waals surface area contributed by atoms with E-state index in [9.17, 15) is 4.79 Å².